The molecule has 0 amide bonds. The van der Waals surface area contributed by atoms with Crippen molar-refractivity contribution in [2.75, 3.05) is 0 Å². The number of aliphatic hydroxyl groups excluding tert-OH is 1. The molecule has 2 atom stereocenters. The molecule has 2 saturated carbocycles. The largest absolute Gasteiger partial charge is 0.391 e. The second kappa shape index (κ2) is 6.11. The summed E-state index contributed by atoms with van der Waals surface area (Å²) in [6.07, 6.45) is 11.9. The first kappa shape index (κ1) is 15.3. The molecule has 0 aromatic heterocycles. The topological polar surface area (TPSA) is 72.3 Å². The van der Waals surface area contributed by atoms with Crippen LogP contribution in [0.5, 0.6) is 0 Å². The van der Waals surface area contributed by atoms with Crippen LogP contribution in [0.25, 0.3) is 0 Å². The molecule has 0 aliphatic heterocycles. The molecule has 19 heavy (non-hydrogen) atoms. The fourth-order valence-electron chi connectivity index (χ4n) is 4.05. The molecule has 0 spiro atoms. The van der Waals surface area contributed by atoms with Gasteiger partial charge in [-0.15, -0.1) is 0 Å². The van der Waals surface area contributed by atoms with E-state index in [9.17, 15) is 5.11 Å². The maximum absolute atomic E-state index is 10.6. The molecular formula is C16H32N2O. The maximum atomic E-state index is 10.6. The van der Waals surface area contributed by atoms with E-state index in [1.807, 2.05) is 0 Å². The van der Waals surface area contributed by atoms with Crippen LogP contribution in [0.4, 0.5) is 0 Å². The van der Waals surface area contributed by atoms with E-state index in [0.717, 1.165) is 44.9 Å². The molecule has 2 aliphatic rings. The Kier molecular flexibility index (Phi) is 4.91. The Morgan fingerprint density at radius 1 is 0.842 bits per heavy atom. The van der Waals surface area contributed by atoms with E-state index in [0.29, 0.717) is 5.92 Å². The van der Waals surface area contributed by atoms with Crippen molar-refractivity contribution in [3.05, 3.63) is 0 Å². The van der Waals surface area contributed by atoms with Gasteiger partial charge in [-0.05, 0) is 38.0 Å². The molecule has 0 aromatic carbocycles. The van der Waals surface area contributed by atoms with Crippen LogP contribution in [0.3, 0.4) is 0 Å². The van der Waals surface area contributed by atoms with Crippen molar-refractivity contribution in [2.24, 2.45) is 17.4 Å². The third-order valence-corrected chi connectivity index (χ3v) is 5.79. The van der Waals surface area contributed by atoms with Crippen molar-refractivity contribution in [1.82, 2.24) is 0 Å². The Hall–Kier alpha value is -0.120. The minimum Gasteiger partial charge on any atom is -0.391 e. The summed E-state index contributed by atoms with van der Waals surface area (Å²) in [5.41, 5.74) is 12.6. The van der Waals surface area contributed by atoms with Gasteiger partial charge in [0.05, 0.1) is 6.10 Å². The van der Waals surface area contributed by atoms with E-state index >= 15 is 0 Å². The van der Waals surface area contributed by atoms with Gasteiger partial charge in [-0.1, -0.05) is 45.4 Å². The van der Waals surface area contributed by atoms with Gasteiger partial charge in [0.1, 0.15) is 0 Å². The van der Waals surface area contributed by atoms with Gasteiger partial charge in [0.2, 0.25) is 0 Å². The lowest BCUT2D eigenvalue weighted by molar-refractivity contribution is 0.0262. The molecule has 2 unspecified atom stereocenters. The lowest BCUT2D eigenvalue weighted by atomic mass is 9.69. The fourth-order valence-corrected chi connectivity index (χ4v) is 4.05. The summed E-state index contributed by atoms with van der Waals surface area (Å²) < 4.78 is 0. The van der Waals surface area contributed by atoms with Crippen molar-refractivity contribution < 1.29 is 5.11 Å². The molecule has 3 nitrogen and oxygen atoms in total. The van der Waals surface area contributed by atoms with E-state index in [4.69, 9.17) is 11.5 Å². The second-order valence-electron chi connectivity index (χ2n) is 7.24. The van der Waals surface area contributed by atoms with Crippen LogP contribution in [-0.2, 0) is 0 Å². The van der Waals surface area contributed by atoms with E-state index in [-0.39, 0.29) is 17.2 Å². The van der Waals surface area contributed by atoms with Crippen LogP contribution >= 0.6 is 0 Å². The highest BCUT2D eigenvalue weighted by atomic mass is 16.3. The molecule has 5 N–H and O–H groups in total. The van der Waals surface area contributed by atoms with Gasteiger partial charge in [-0.2, -0.15) is 0 Å². The van der Waals surface area contributed by atoms with Crippen LogP contribution in [0.2, 0.25) is 0 Å². The lowest BCUT2D eigenvalue weighted by Gasteiger charge is -2.43. The highest BCUT2D eigenvalue weighted by molar-refractivity contribution is 4.98. The number of aliphatic hydroxyl groups is 1. The van der Waals surface area contributed by atoms with Gasteiger partial charge in [0.15, 0.2) is 0 Å². The predicted molar refractivity (Wildman–Crippen MR) is 79.8 cm³/mol. The van der Waals surface area contributed by atoms with E-state index in [2.05, 4.69) is 6.92 Å². The smallest absolute Gasteiger partial charge is 0.0722 e. The molecule has 112 valence electrons. The molecule has 3 heteroatoms. The SMILES string of the molecule is CC(CC(O)C1(N)CCCCC1)C1(N)CCCCC1. The van der Waals surface area contributed by atoms with Gasteiger partial charge in [0, 0.05) is 11.1 Å². The molecular weight excluding hydrogens is 236 g/mol. The zero-order chi connectivity index (χ0) is 13.9. The molecule has 2 rings (SSSR count). The standard InChI is InChI=1S/C16H32N2O/c1-13(15(17)8-4-2-5-9-15)12-14(19)16(18)10-6-3-7-11-16/h13-14,19H,2-12,17-18H2,1H3. The summed E-state index contributed by atoms with van der Waals surface area (Å²) in [6, 6.07) is 0. The normalized spacial score (nSPS) is 29.7. The number of rotatable bonds is 4. The van der Waals surface area contributed by atoms with Gasteiger partial charge >= 0.3 is 0 Å². The van der Waals surface area contributed by atoms with Crippen LogP contribution in [0.1, 0.15) is 77.6 Å². The van der Waals surface area contributed by atoms with Gasteiger partial charge in [-0.25, -0.2) is 0 Å². The average Bonchev–Trinajstić information content (AvgIpc) is 2.40. The summed E-state index contributed by atoms with van der Waals surface area (Å²) in [5, 5.41) is 10.6. The van der Waals surface area contributed by atoms with E-state index in [1.165, 1.54) is 25.7 Å². The summed E-state index contributed by atoms with van der Waals surface area (Å²) in [6.45, 7) is 2.21. The van der Waals surface area contributed by atoms with E-state index in [1.54, 1.807) is 0 Å². The van der Waals surface area contributed by atoms with Crippen molar-refractivity contribution in [3.8, 4) is 0 Å². The first-order chi connectivity index (χ1) is 8.96. The first-order valence-corrected chi connectivity index (χ1v) is 8.22. The quantitative estimate of drug-likeness (QED) is 0.734. The van der Waals surface area contributed by atoms with Gasteiger partial charge in [0.25, 0.3) is 0 Å². The zero-order valence-corrected chi connectivity index (χ0v) is 12.5. The van der Waals surface area contributed by atoms with Crippen LogP contribution in [-0.4, -0.2) is 22.3 Å². The molecule has 0 bridgehead atoms. The predicted octanol–water partition coefficient (Wildman–Crippen LogP) is 2.70. The van der Waals surface area contributed by atoms with Crippen molar-refractivity contribution in [1.29, 1.82) is 0 Å². The van der Waals surface area contributed by atoms with Crippen LogP contribution in [0.15, 0.2) is 0 Å². The molecule has 0 saturated heterocycles. The van der Waals surface area contributed by atoms with Crippen molar-refractivity contribution in [2.45, 2.75) is 94.7 Å². The molecule has 2 fully saturated rings. The Bertz CT molecular complexity index is 252. The van der Waals surface area contributed by atoms with Crippen molar-refractivity contribution in [3.63, 3.8) is 0 Å². The fraction of sp³-hybridized carbons (Fsp3) is 1.00. The Morgan fingerprint density at radius 3 is 1.74 bits per heavy atom. The van der Waals surface area contributed by atoms with Crippen LogP contribution in [0, 0.1) is 5.92 Å². The summed E-state index contributed by atoms with van der Waals surface area (Å²) in [7, 11) is 0. The van der Waals surface area contributed by atoms with Crippen molar-refractivity contribution >= 4 is 0 Å². The third kappa shape index (κ3) is 3.50. The maximum Gasteiger partial charge on any atom is 0.0722 e. The molecule has 0 aromatic rings. The second-order valence-corrected chi connectivity index (χ2v) is 7.24. The monoisotopic (exact) mass is 268 g/mol. The number of hydrogen-bond donors (Lipinski definition) is 3. The minimum atomic E-state index is -0.384. The highest BCUT2D eigenvalue weighted by Gasteiger charge is 2.40. The highest BCUT2D eigenvalue weighted by Crippen LogP contribution is 2.37. The Balaban J connectivity index is 1.91. The molecule has 0 heterocycles. The van der Waals surface area contributed by atoms with E-state index < -0.39 is 0 Å². The number of nitrogens with two attached hydrogens (primary N) is 2. The van der Waals surface area contributed by atoms with Gasteiger partial charge in [-0.3, -0.25) is 0 Å². The minimum absolute atomic E-state index is 0.0652. The third-order valence-electron chi connectivity index (χ3n) is 5.79. The average molecular weight is 268 g/mol. The number of hydrogen-bond acceptors (Lipinski definition) is 3. The van der Waals surface area contributed by atoms with Crippen LogP contribution < -0.4 is 11.5 Å². The summed E-state index contributed by atoms with van der Waals surface area (Å²) >= 11 is 0. The summed E-state index contributed by atoms with van der Waals surface area (Å²) in [5.74, 6) is 0.366. The summed E-state index contributed by atoms with van der Waals surface area (Å²) in [4.78, 5) is 0. The zero-order valence-electron chi connectivity index (χ0n) is 12.5. The first-order valence-electron chi connectivity index (χ1n) is 8.22. The molecule has 2 aliphatic carbocycles. The van der Waals surface area contributed by atoms with Gasteiger partial charge < -0.3 is 16.6 Å². The Labute approximate surface area is 118 Å². The molecule has 0 radical (unpaired) electrons. The lowest BCUT2D eigenvalue weighted by Crippen LogP contribution is -2.55. The Morgan fingerprint density at radius 2 is 1.26 bits per heavy atom.